The molecule has 1 amide bonds. The molecule has 2 aromatic rings. The number of amides is 1. The van der Waals surface area contributed by atoms with Crippen molar-refractivity contribution in [3.8, 4) is 0 Å². The number of fused-ring (bicyclic) bond motifs is 2. The molecular weight excluding hydrogens is 330 g/mol. The number of nitrogens with one attached hydrogen (secondary N) is 1. The van der Waals surface area contributed by atoms with Crippen LogP contribution in [0.5, 0.6) is 0 Å². The Bertz CT molecular complexity index is 785. The zero-order valence-electron chi connectivity index (χ0n) is 14.9. The highest BCUT2D eigenvalue weighted by molar-refractivity contribution is 7.10. The Labute approximate surface area is 153 Å². The molecule has 1 aromatic carbocycles. The number of hydrogen-bond donors (Lipinski definition) is 1. The Morgan fingerprint density at radius 1 is 1.32 bits per heavy atom. The molecule has 2 aliphatic rings. The first-order valence-electron chi connectivity index (χ1n) is 8.91. The first-order valence-corrected chi connectivity index (χ1v) is 9.79. The summed E-state index contributed by atoms with van der Waals surface area (Å²) in [4.78, 5) is 18.8. The monoisotopic (exact) mass is 355 g/mol. The molecule has 0 aliphatic carbocycles. The number of likely N-dealkylation sites (tertiary alicyclic amines) is 1. The van der Waals surface area contributed by atoms with E-state index in [-0.39, 0.29) is 11.3 Å². The lowest BCUT2D eigenvalue weighted by Crippen LogP contribution is -2.49. The van der Waals surface area contributed by atoms with Gasteiger partial charge in [0.25, 0.3) is 0 Å². The van der Waals surface area contributed by atoms with E-state index < -0.39 is 0 Å². The van der Waals surface area contributed by atoms with Crippen LogP contribution in [-0.2, 0) is 23.3 Å². The number of rotatable bonds is 4. The molecule has 5 heteroatoms. The van der Waals surface area contributed by atoms with E-state index in [2.05, 4.69) is 46.7 Å². The van der Waals surface area contributed by atoms with E-state index in [4.69, 9.17) is 0 Å². The molecule has 4 nitrogen and oxygen atoms in total. The number of thiophene rings is 1. The number of carbonyl (C=O) groups is 1. The van der Waals surface area contributed by atoms with Gasteiger partial charge in [-0.2, -0.15) is 0 Å². The summed E-state index contributed by atoms with van der Waals surface area (Å²) in [7, 11) is 4.20. The minimum absolute atomic E-state index is 0.179. The van der Waals surface area contributed by atoms with Crippen LogP contribution in [0.4, 0.5) is 5.69 Å². The topological polar surface area (TPSA) is 35.6 Å². The number of benzene rings is 1. The molecule has 0 bridgehead atoms. The molecule has 132 valence electrons. The number of hydrogen-bond acceptors (Lipinski definition) is 4. The average Bonchev–Trinajstić information content (AvgIpc) is 3.11. The van der Waals surface area contributed by atoms with Gasteiger partial charge in [-0.05, 0) is 62.1 Å². The molecule has 2 aliphatic heterocycles. The third kappa shape index (κ3) is 3.12. The summed E-state index contributed by atoms with van der Waals surface area (Å²) in [6.45, 7) is 3.81. The molecule has 1 N–H and O–H groups in total. The standard InChI is InChI=1S/C20H25N3OS/c1-22(2)11-15-10-16(25-13-15)12-23-9-5-8-20(14-23)17-6-3-4-7-18(17)21-19(20)24/h3-4,6-7,10,13H,5,8-9,11-12,14H2,1-2H3,(H,21,24)/t20-/m1/s1. The van der Waals surface area contributed by atoms with Crippen LogP contribution in [0.15, 0.2) is 35.7 Å². The lowest BCUT2D eigenvalue weighted by Gasteiger charge is -2.38. The van der Waals surface area contributed by atoms with E-state index in [0.29, 0.717) is 0 Å². The summed E-state index contributed by atoms with van der Waals surface area (Å²) in [5.74, 6) is 0.179. The van der Waals surface area contributed by atoms with Crippen LogP contribution in [0, 0.1) is 0 Å². The third-order valence-corrected chi connectivity index (χ3v) is 6.25. The van der Waals surface area contributed by atoms with E-state index in [0.717, 1.165) is 44.7 Å². The van der Waals surface area contributed by atoms with Gasteiger partial charge in [0.1, 0.15) is 0 Å². The quantitative estimate of drug-likeness (QED) is 0.914. The molecule has 1 atom stereocenters. The smallest absolute Gasteiger partial charge is 0.236 e. The maximum Gasteiger partial charge on any atom is 0.236 e. The fourth-order valence-electron chi connectivity index (χ4n) is 4.24. The van der Waals surface area contributed by atoms with Gasteiger partial charge in [-0.1, -0.05) is 18.2 Å². The zero-order chi connectivity index (χ0) is 17.4. The second-order valence-corrected chi connectivity index (χ2v) is 8.55. The largest absolute Gasteiger partial charge is 0.325 e. The molecule has 25 heavy (non-hydrogen) atoms. The normalized spacial score (nSPS) is 23.2. The number of anilines is 1. The first kappa shape index (κ1) is 16.8. The summed E-state index contributed by atoms with van der Waals surface area (Å²) in [5.41, 5.74) is 3.20. The minimum Gasteiger partial charge on any atom is -0.325 e. The molecule has 1 spiro atoms. The number of carbonyl (C=O) groups excluding carboxylic acids is 1. The Morgan fingerprint density at radius 2 is 2.16 bits per heavy atom. The summed E-state index contributed by atoms with van der Waals surface area (Å²) in [6, 6.07) is 10.5. The molecular formula is C20H25N3OS. The SMILES string of the molecule is CN(C)Cc1csc(CN2CCC[C@]3(C2)C(=O)Nc2ccccc23)c1. The Kier molecular flexibility index (Phi) is 4.40. The average molecular weight is 356 g/mol. The summed E-state index contributed by atoms with van der Waals surface area (Å²) in [5, 5.41) is 5.36. The van der Waals surface area contributed by atoms with Crippen LogP contribution in [0.1, 0.15) is 28.8 Å². The highest BCUT2D eigenvalue weighted by Crippen LogP contribution is 2.43. The van der Waals surface area contributed by atoms with Gasteiger partial charge < -0.3 is 10.2 Å². The molecule has 1 saturated heterocycles. The van der Waals surface area contributed by atoms with Crippen molar-refractivity contribution in [3.63, 3.8) is 0 Å². The summed E-state index contributed by atoms with van der Waals surface area (Å²) in [6.07, 6.45) is 2.01. The van der Waals surface area contributed by atoms with E-state index in [1.807, 2.05) is 29.5 Å². The van der Waals surface area contributed by atoms with Crippen molar-refractivity contribution in [2.75, 3.05) is 32.5 Å². The van der Waals surface area contributed by atoms with Crippen LogP contribution in [0.2, 0.25) is 0 Å². The maximum atomic E-state index is 12.8. The van der Waals surface area contributed by atoms with Gasteiger partial charge in [-0.25, -0.2) is 0 Å². The van der Waals surface area contributed by atoms with E-state index in [1.54, 1.807) is 0 Å². The lowest BCUT2D eigenvalue weighted by molar-refractivity contribution is -0.122. The van der Waals surface area contributed by atoms with Crippen LogP contribution < -0.4 is 5.32 Å². The number of piperidine rings is 1. The molecule has 1 aromatic heterocycles. The van der Waals surface area contributed by atoms with Crippen molar-refractivity contribution in [2.45, 2.75) is 31.3 Å². The van der Waals surface area contributed by atoms with E-state index in [9.17, 15) is 4.79 Å². The van der Waals surface area contributed by atoms with Gasteiger partial charge in [0.15, 0.2) is 0 Å². The number of nitrogens with zero attached hydrogens (tertiary/aromatic N) is 2. The molecule has 0 saturated carbocycles. The van der Waals surface area contributed by atoms with Gasteiger partial charge in [0.05, 0.1) is 5.41 Å². The van der Waals surface area contributed by atoms with Crippen LogP contribution in [-0.4, -0.2) is 42.9 Å². The summed E-state index contributed by atoms with van der Waals surface area (Å²) < 4.78 is 0. The van der Waals surface area contributed by atoms with Crippen molar-refractivity contribution < 1.29 is 4.79 Å². The second kappa shape index (κ2) is 6.56. The summed E-state index contributed by atoms with van der Waals surface area (Å²) >= 11 is 1.83. The Balaban J connectivity index is 1.52. The van der Waals surface area contributed by atoms with E-state index in [1.165, 1.54) is 16.0 Å². The first-order chi connectivity index (χ1) is 12.1. The van der Waals surface area contributed by atoms with Gasteiger partial charge in [-0.3, -0.25) is 9.69 Å². The maximum absolute atomic E-state index is 12.8. The van der Waals surface area contributed by atoms with E-state index >= 15 is 0 Å². The second-order valence-electron chi connectivity index (χ2n) is 7.56. The van der Waals surface area contributed by atoms with Crippen LogP contribution in [0.25, 0.3) is 0 Å². The third-order valence-electron chi connectivity index (χ3n) is 5.28. The minimum atomic E-state index is -0.363. The predicted octanol–water partition coefficient (Wildman–Crippen LogP) is 3.30. The van der Waals surface area contributed by atoms with Gasteiger partial charge in [0, 0.05) is 30.2 Å². The van der Waals surface area contributed by atoms with Crippen LogP contribution >= 0.6 is 11.3 Å². The lowest BCUT2D eigenvalue weighted by atomic mass is 9.75. The van der Waals surface area contributed by atoms with Crippen molar-refractivity contribution >= 4 is 22.9 Å². The predicted molar refractivity (Wildman–Crippen MR) is 103 cm³/mol. The fourth-order valence-corrected chi connectivity index (χ4v) is 5.16. The van der Waals surface area contributed by atoms with Crippen molar-refractivity contribution in [1.82, 2.24) is 9.80 Å². The molecule has 4 rings (SSSR count). The Hall–Kier alpha value is -1.69. The highest BCUT2D eigenvalue weighted by atomic mass is 32.1. The van der Waals surface area contributed by atoms with Crippen molar-refractivity contribution in [1.29, 1.82) is 0 Å². The molecule has 1 fully saturated rings. The molecule has 0 radical (unpaired) electrons. The van der Waals surface area contributed by atoms with Gasteiger partial charge >= 0.3 is 0 Å². The molecule has 3 heterocycles. The highest BCUT2D eigenvalue weighted by Gasteiger charge is 2.48. The fraction of sp³-hybridized carbons (Fsp3) is 0.450. The van der Waals surface area contributed by atoms with Gasteiger partial charge in [-0.15, -0.1) is 11.3 Å². The van der Waals surface area contributed by atoms with Crippen molar-refractivity contribution in [2.24, 2.45) is 0 Å². The van der Waals surface area contributed by atoms with Crippen molar-refractivity contribution in [3.05, 3.63) is 51.7 Å². The van der Waals surface area contributed by atoms with Crippen LogP contribution in [0.3, 0.4) is 0 Å². The zero-order valence-corrected chi connectivity index (χ0v) is 15.7. The number of para-hydroxylation sites is 1. The molecule has 0 unspecified atom stereocenters. The van der Waals surface area contributed by atoms with Gasteiger partial charge in [0.2, 0.25) is 5.91 Å². The Morgan fingerprint density at radius 3 is 3.00 bits per heavy atom.